The summed E-state index contributed by atoms with van der Waals surface area (Å²) >= 11 is 0. The molecule has 0 amide bonds. The quantitative estimate of drug-likeness (QED) is 0.660. The van der Waals surface area contributed by atoms with Crippen molar-refractivity contribution in [2.45, 2.75) is 30.1 Å². The number of sulfonamides is 1. The van der Waals surface area contributed by atoms with Gasteiger partial charge in [-0.1, -0.05) is 37.3 Å². The SMILES string of the molecule is C=CCN1CC[C@@H](c2ccc(NS(=O)(=O)c3ccc([C@@H](C)CF)cc3)cc2)C1. The van der Waals surface area contributed by atoms with Crippen molar-refractivity contribution < 1.29 is 12.8 Å². The molecule has 0 saturated carbocycles. The zero-order chi connectivity index (χ0) is 20.1. The van der Waals surface area contributed by atoms with Crippen LogP contribution in [0.2, 0.25) is 0 Å². The molecule has 1 saturated heterocycles. The van der Waals surface area contributed by atoms with Gasteiger partial charge in [0.05, 0.1) is 11.6 Å². The predicted octanol–water partition coefficient (Wildman–Crippen LogP) is 4.54. The highest BCUT2D eigenvalue weighted by Gasteiger charge is 2.23. The van der Waals surface area contributed by atoms with E-state index in [0.717, 1.165) is 31.6 Å². The molecule has 4 nitrogen and oxygen atoms in total. The summed E-state index contributed by atoms with van der Waals surface area (Å²) in [5.41, 5.74) is 2.54. The fraction of sp³-hybridized carbons (Fsp3) is 0.364. The van der Waals surface area contributed by atoms with Crippen LogP contribution < -0.4 is 4.72 Å². The molecule has 2 aromatic rings. The van der Waals surface area contributed by atoms with Gasteiger partial charge in [0.1, 0.15) is 0 Å². The molecule has 0 spiro atoms. The fourth-order valence-corrected chi connectivity index (χ4v) is 4.61. The maximum Gasteiger partial charge on any atom is 0.261 e. The molecule has 1 fully saturated rings. The van der Waals surface area contributed by atoms with Crippen molar-refractivity contribution in [2.24, 2.45) is 0 Å². The second kappa shape index (κ2) is 8.88. The normalized spacial score (nSPS) is 18.7. The first-order valence-electron chi connectivity index (χ1n) is 9.55. The third kappa shape index (κ3) is 4.80. The molecule has 1 aliphatic rings. The third-order valence-corrected chi connectivity index (χ3v) is 6.68. The Morgan fingerprint density at radius 1 is 1.21 bits per heavy atom. The van der Waals surface area contributed by atoms with Crippen molar-refractivity contribution in [3.05, 3.63) is 72.3 Å². The van der Waals surface area contributed by atoms with Crippen LogP contribution in [0.4, 0.5) is 10.1 Å². The summed E-state index contributed by atoms with van der Waals surface area (Å²) in [5, 5.41) is 0. The maximum absolute atomic E-state index is 12.8. The van der Waals surface area contributed by atoms with E-state index in [1.807, 2.05) is 30.3 Å². The lowest BCUT2D eigenvalue weighted by Crippen LogP contribution is -2.19. The van der Waals surface area contributed by atoms with Gasteiger partial charge in [-0.2, -0.15) is 0 Å². The second-order valence-electron chi connectivity index (χ2n) is 7.39. The lowest BCUT2D eigenvalue weighted by atomic mass is 9.98. The van der Waals surface area contributed by atoms with Gasteiger partial charge in [0, 0.05) is 24.7 Å². The summed E-state index contributed by atoms with van der Waals surface area (Å²) in [4.78, 5) is 2.53. The van der Waals surface area contributed by atoms with Gasteiger partial charge in [-0.15, -0.1) is 6.58 Å². The second-order valence-corrected chi connectivity index (χ2v) is 9.07. The minimum absolute atomic E-state index is 0.169. The Labute approximate surface area is 167 Å². The summed E-state index contributed by atoms with van der Waals surface area (Å²) in [6, 6.07) is 14.0. The molecule has 150 valence electrons. The van der Waals surface area contributed by atoms with Crippen LogP contribution in [0, 0.1) is 0 Å². The molecule has 2 aromatic carbocycles. The van der Waals surface area contributed by atoms with Gasteiger partial charge < -0.3 is 0 Å². The number of benzene rings is 2. The summed E-state index contributed by atoms with van der Waals surface area (Å²) in [7, 11) is -3.67. The van der Waals surface area contributed by atoms with E-state index in [4.69, 9.17) is 0 Å². The molecule has 0 unspecified atom stereocenters. The van der Waals surface area contributed by atoms with Gasteiger partial charge in [-0.3, -0.25) is 14.0 Å². The number of rotatable bonds is 8. The van der Waals surface area contributed by atoms with Crippen molar-refractivity contribution in [3.63, 3.8) is 0 Å². The van der Waals surface area contributed by atoms with E-state index in [1.54, 1.807) is 19.1 Å². The summed E-state index contributed by atoms with van der Waals surface area (Å²) < 4.78 is 40.6. The number of nitrogens with zero attached hydrogens (tertiary/aromatic N) is 1. The van der Waals surface area contributed by atoms with Crippen LogP contribution in [0.3, 0.4) is 0 Å². The smallest absolute Gasteiger partial charge is 0.261 e. The molecule has 0 radical (unpaired) electrons. The van der Waals surface area contributed by atoms with Gasteiger partial charge in [0.15, 0.2) is 0 Å². The number of anilines is 1. The van der Waals surface area contributed by atoms with Crippen molar-refractivity contribution >= 4 is 15.7 Å². The van der Waals surface area contributed by atoms with Crippen molar-refractivity contribution in [1.82, 2.24) is 4.90 Å². The highest BCUT2D eigenvalue weighted by atomic mass is 32.2. The molecule has 0 aliphatic carbocycles. The number of likely N-dealkylation sites (tertiary alicyclic amines) is 1. The standard InChI is InChI=1S/C22H27FN2O2S/c1-3-13-25-14-12-20(16-25)19-4-8-21(9-5-19)24-28(26,27)22-10-6-18(7-11-22)17(2)15-23/h3-11,17,20,24H,1,12-16H2,2H3/t17-,20+/m0/s1. The Kier molecular flexibility index (Phi) is 6.52. The largest absolute Gasteiger partial charge is 0.299 e. The molecular weight excluding hydrogens is 375 g/mol. The highest BCUT2D eigenvalue weighted by Crippen LogP contribution is 2.28. The molecular formula is C22H27FN2O2S. The van der Waals surface area contributed by atoms with Crippen molar-refractivity contribution in [2.75, 3.05) is 31.0 Å². The fourth-order valence-electron chi connectivity index (χ4n) is 3.56. The van der Waals surface area contributed by atoms with Crippen LogP contribution in [-0.2, 0) is 10.0 Å². The van der Waals surface area contributed by atoms with Crippen LogP contribution in [0.5, 0.6) is 0 Å². The molecule has 1 N–H and O–H groups in total. The minimum Gasteiger partial charge on any atom is -0.299 e. The number of nitrogens with one attached hydrogen (secondary N) is 1. The number of alkyl halides is 1. The summed E-state index contributed by atoms with van der Waals surface area (Å²) in [6.07, 6.45) is 3.02. The molecule has 28 heavy (non-hydrogen) atoms. The maximum atomic E-state index is 12.8. The summed E-state index contributed by atoms with van der Waals surface area (Å²) in [5.74, 6) is 0.228. The molecule has 0 bridgehead atoms. The molecule has 1 heterocycles. The van der Waals surface area contributed by atoms with E-state index in [2.05, 4.69) is 16.2 Å². The zero-order valence-corrected chi connectivity index (χ0v) is 17.0. The van der Waals surface area contributed by atoms with E-state index in [0.29, 0.717) is 11.6 Å². The van der Waals surface area contributed by atoms with E-state index >= 15 is 0 Å². The predicted molar refractivity (Wildman–Crippen MR) is 112 cm³/mol. The highest BCUT2D eigenvalue weighted by molar-refractivity contribution is 7.92. The zero-order valence-electron chi connectivity index (χ0n) is 16.1. The molecule has 1 aliphatic heterocycles. The molecule has 3 rings (SSSR count). The molecule has 2 atom stereocenters. The van der Waals surface area contributed by atoms with Gasteiger partial charge in [-0.25, -0.2) is 8.42 Å². The lowest BCUT2D eigenvalue weighted by Gasteiger charge is -2.14. The average Bonchev–Trinajstić information content (AvgIpc) is 3.17. The van der Waals surface area contributed by atoms with E-state index in [9.17, 15) is 12.8 Å². The first-order valence-corrected chi connectivity index (χ1v) is 11.0. The topological polar surface area (TPSA) is 49.4 Å². The van der Waals surface area contributed by atoms with Crippen LogP contribution in [0.1, 0.15) is 36.3 Å². The molecule has 0 aromatic heterocycles. The Morgan fingerprint density at radius 3 is 2.50 bits per heavy atom. The molecule has 6 heteroatoms. The van der Waals surface area contributed by atoms with Crippen LogP contribution in [0.25, 0.3) is 0 Å². The number of hydrogen-bond donors (Lipinski definition) is 1. The average molecular weight is 403 g/mol. The van der Waals surface area contributed by atoms with Crippen molar-refractivity contribution in [3.8, 4) is 0 Å². The van der Waals surface area contributed by atoms with Crippen molar-refractivity contribution in [1.29, 1.82) is 0 Å². The Bertz CT molecular complexity index is 895. The van der Waals surface area contributed by atoms with Gasteiger partial charge in [-0.05, 0) is 54.3 Å². The van der Waals surface area contributed by atoms with Gasteiger partial charge in [0.25, 0.3) is 10.0 Å². The van der Waals surface area contributed by atoms with Crippen LogP contribution >= 0.6 is 0 Å². The van der Waals surface area contributed by atoms with E-state index in [-0.39, 0.29) is 10.8 Å². The van der Waals surface area contributed by atoms with Gasteiger partial charge in [0.2, 0.25) is 0 Å². The Morgan fingerprint density at radius 2 is 1.89 bits per heavy atom. The first-order chi connectivity index (χ1) is 13.4. The lowest BCUT2D eigenvalue weighted by molar-refractivity contribution is 0.372. The Hall–Kier alpha value is -2.18. The van der Waals surface area contributed by atoms with Gasteiger partial charge >= 0.3 is 0 Å². The monoisotopic (exact) mass is 402 g/mol. The number of hydrogen-bond acceptors (Lipinski definition) is 3. The third-order valence-electron chi connectivity index (χ3n) is 5.28. The van der Waals surface area contributed by atoms with E-state index < -0.39 is 16.7 Å². The van der Waals surface area contributed by atoms with Crippen LogP contribution in [-0.4, -0.2) is 39.6 Å². The van der Waals surface area contributed by atoms with Crippen LogP contribution in [0.15, 0.2) is 66.1 Å². The number of halogens is 1. The Balaban J connectivity index is 1.67. The summed E-state index contributed by atoms with van der Waals surface area (Å²) in [6.45, 7) is 8.04. The minimum atomic E-state index is -3.67. The van der Waals surface area contributed by atoms with E-state index in [1.165, 1.54) is 17.7 Å². The first kappa shape index (κ1) is 20.6.